The van der Waals surface area contributed by atoms with E-state index in [1.165, 1.54) is 0 Å². The van der Waals surface area contributed by atoms with Crippen molar-refractivity contribution >= 4 is 22.7 Å². The Morgan fingerprint density at radius 3 is 1.57 bits per heavy atom. The summed E-state index contributed by atoms with van der Waals surface area (Å²) in [7, 11) is 0. The molecule has 0 spiro atoms. The zero-order valence-electron chi connectivity index (χ0n) is 23.5. The van der Waals surface area contributed by atoms with Gasteiger partial charge in [-0.2, -0.15) is 0 Å². The fourth-order valence-electron chi connectivity index (χ4n) is 3.95. The van der Waals surface area contributed by atoms with E-state index < -0.39 is 16.6 Å². The monoisotopic (exact) mass is 501 g/mol. The summed E-state index contributed by atoms with van der Waals surface area (Å²) in [5.41, 5.74) is 3.83. The van der Waals surface area contributed by atoms with Crippen LogP contribution in [-0.2, 0) is 0 Å². The third-order valence-corrected chi connectivity index (χ3v) is 6.00. The third-order valence-electron chi connectivity index (χ3n) is 6.00. The molecule has 1 aliphatic rings. The zero-order chi connectivity index (χ0) is 27.8. The molecule has 1 aliphatic carbocycles. The predicted octanol–water partition coefficient (Wildman–Crippen LogP) is 7.68. The standard InChI is InChI=1S/C31H39N3O3/c1-29(2,3)32(35)25-16-10-22(11-17-25)28(23-12-18-26(19-13-23)33(36)30(4,5)6)24-14-20-27(21-15-24)34(37)31(7,8)9/h10-21H,1-9H3. The summed E-state index contributed by atoms with van der Waals surface area (Å²) in [6.45, 7) is 16.9. The van der Waals surface area contributed by atoms with E-state index in [1.54, 1.807) is 0 Å². The van der Waals surface area contributed by atoms with E-state index in [1.807, 2.05) is 135 Å². The first-order valence-corrected chi connectivity index (χ1v) is 12.6. The molecule has 0 heterocycles. The van der Waals surface area contributed by atoms with Gasteiger partial charge in [-0.1, -0.05) is 12.1 Å². The van der Waals surface area contributed by atoms with E-state index >= 15 is 0 Å². The average Bonchev–Trinajstić information content (AvgIpc) is 2.82. The Balaban J connectivity index is 2.12. The van der Waals surface area contributed by atoms with E-state index in [2.05, 4.69) is 0 Å². The highest BCUT2D eigenvalue weighted by Gasteiger charge is 2.31. The van der Waals surface area contributed by atoms with Gasteiger partial charge < -0.3 is 15.5 Å². The molecule has 2 aromatic carbocycles. The molecule has 0 fully saturated rings. The molecule has 0 aromatic heterocycles. The van der Waals surface area contributed by atoms with E-state index in [9.17, 15) is 15.3 Å². The number of hydrogen-bond acceptors (Lipinski definition) is 4. The van der Waals surface area contributed by atoms with Crippen molar-refractivity contribution in [3.63, 3.8) is 0 Å². The number of allylic oxidation sites excluding steroid dienone is 5. The van der Waals surface area contributed by atoms with Gasteiger partial charge in [0.05, 0.1) is 0 Å². The quantitative estimate of drug-likeness (QED) is 0.245. The highest BCUT2D eigenvalue weighted by atomic mass is 16.5. The number of nitroso groups, excluding NO2 is 1. The van der Waals surface area contributed by atoms with Crippen molar-refractivity contribution in [3.05, 3.63) is 105 Å². The van der Waals surface area contributed by atoms with Crippen LogP contribution in [0.15, 0.2) is 78.4 Å². The Morgan fingerprint density at radius 1 is 0.703 bits per heavy atom. The summed E-state index contributed by atoms with van der Waals surface area (Å²) in [6, 6.07) is 15.1. The Hall–Kier alpha value is -3.51. The van der Waals surface area contributed by atoms with Crippen molar-refractivity contribution < 1.29 is 9.50 Å². The fourth-order valence-corrected chi connectivity index (χ4v) is 3.95. The lowest BCUT2D eigenvalue weighted by Crippen LogP contribution is -2.36. The number of hydrogen-bond donors (Lipinski definition) is 0. The molecule has 0 amide bonds. The summed E-state index contributed by atoms with van der Waals surface area (Å²) in [4.78, 5) is 12.7. The fraction of sp³-hybridized carbons (Fsp3) is 0.387. The number of nitrogens with zero attached hydrogens (tertiary/aromatic N) is 3. The van der Waals surface area contributed by atoms with Crippen LogP contribution in [0, 0.1) is 15.3 Å². The SMILES string of the molecule is CC(C)(C)N([O-])c1ccc(C(=C2C=CC(=[N+]([O-])C(C)(C)C)C=C2)c2ccc([N+](=O)C(C)(C)C)cc2)cc1. The van der Waals surface area contributed by atoms with Crippen LogP contribution in [0.2, 0.25) is 0 Å². The van der Waals surface area contributed by atoms with Gasteiger partial charge in [-0.25, -0.2) is 4.74 Å². The topological polar surface area (TPSA) is 72.4 Å². The predicted molar refractivity (Wildman–Crippen MR) is 154 cm³/mol. The first kappa shape index (κ1) is 28.1. The van der Waals surface area contributed by atoms with Gasteiger partial charge in [-0.15, -0.1) is 0 Å². The number of anilines is 1. The minimum Gasteiger partial charge on any atom is -0.758 e. The van der Waals surface area contributed by atoms with Gasteiger partial charge >= 0.3 is 0 Å². The summed E-state index contributed by atoms with van der Waals surface area (Å²) in [5.74, 6) is 0. The molecule has 3 rings (SSSR count). The maximum absolute atomic E-state index is 12.7. The van der Waals surface area contributed by atoms with Crippen molar-refractivity contribution in [1.29, 1.82) is 0 Å². The molecule has 0 radical (unpaired) electrons. The summed E-state index contributed by atoms with van der Waals surface area (Å²) in [6.07, 6.45) is 7.53. The Labute approximate surface area is 221 Å². The Kier molecular flexibility index (Phi) is 7.66. The zero-order valence-corrected chi connectivity index (χ0v) is 23.5. The minimum atomic E-state index is -0.547. The molecule has 0 saturated carbocycles. The van der Waals surface area contributed by atoms with Crippen LogP contribution in [0.3, 0.4) is 0 Å². The maximum Gasteiger partial charge on any atom is 0.256 e. The van der Waals surface area contributed by atoms with Crippen molar-refractivity contribution in [3.8, 4) is 0 Å². The van der Waals surface area contributed by atoms with E-state index in [0.29, 0.717) is 17.1 Å². The van der Waals surface area contributed by atoms with Gasteiger partial charge in [-0.05, 0) is 79.5 Å². The third kappa shape index (κ3) is 6.44. The molecule has 196 valence electrons. The van der Waals surface area contributed by atoms with E-state index in [4.69, 9.17) is 0 Å². The molecule has 0 saturated heterocycles. The largest absolute Gasteiger partial charge is 0.758 e. The Morgan fingerprint density at radius 2 is 1.16 bits per heavy atom. The van der Waals surface area contributed by atoms with Gasteiger partial charge in [0.2, 0.25) is 11.3 Å². The molecule has 6 heteroatoms. The highest BCUT2D eigenvalue weighted by molar-refractivity contribution is 6.04. The molecule has 0 N–H and O–H groups in total. The number of benzene rings is 2. The van der Waals surface area contributed by atoms with Gasteiger partial charge in [0, 0.05) is 86.7 Å². The average molecular weight is 502 g/mol. The van der Waals surface area contributed by atoms with Crippen molar-refractivity contribution in [2.24, 2.45) is 0 Å². The minimum absolute atomic E-state index is 0.547. The van der Waals surface area contributed by atoms with Crippen LogP contribution in [0.4, 0.5) is 11.4 Å². The Bertz CT molecular complexity index is 1260. The second kappa shape index (κ2) is 10.1. The van der Waals surface area contributed by atoms with Gasteiger partial charge in [0.1, 0.15) is 0 Å². The maximum atomic E-state index is 12.7. The second-order valence-electron chi connectivity index (χ2n) is 12.4. The lowest BCUT2D eigenvalue weighted by atomic mass is 9.90. The van der Waals surface area contributed by atoms with Crippen molar-refractivity contribution in [1.82, 2.24) is 0 Å². The van der Waals surface area contributed by atoms with Crippen molar-refractivity contribution in [2.75, 3.05) is 5.06 Å². The van der Waals surface area contributed by atoms with Crippen LogP contribution in [-0.4, -0.2) is 31.8 Å². The molecule has 2 aromatic rings. The lowest BCUT2D eigenvalue weighted by Gasteiger charge is -2.43. The smallest absolute Gasteiger partial charge is 0.256 e. The molecule has 6 nitrogen and oxygen atoms in total. The first-order valence-electron chi connectivity index (χ1n) is 12.6. The molecule has 0 aliphatic heterocycles. The molecular weight excluding hydrogens is 462 g/mol. The second-order valence-corrected chi connectivity index (χ2v) is 12.4. The van der Waals surface area contributed by atoms with Crippen LogP contribution >= 0.6 is 0 Å². The lowest BCUT2D eigenvalue weighted by molar-refractivity contribution is -0.540. The van der Waals surface area contributed by atoms with Gasteiger partial charge in [0.15, 0.2) is 5.54 Å². The van der Waals surface area contributed by atoms with Crippen LogP contribution in [0.5, 0.6) is 0 Å². The van der Waals surface area contributed by atoms with Crippen LogP contribution in [0.1, 0.15) is 73.4 Å². The van der Waals surface area contributed by atoms with Crippen molar-refractivity contribution in [2.45, 2.75) is 78.9 Å². The highest BCUT2D eigenvalue weighted by Crippen LogP contribution is 2.33. The summed E-state index contributed by atoms with van der Waals surface area (Å²) in [5, 5.41) is 26.4. The number of hydroxylamine groups is 2. The molecule has 0 atom stereocenters. The van der Waals surface area contributed by atoms with E-state index in [0.717, 1.165) is 36.8 Å². The summed E-state index contributed by atoms with van der Waals surface area (Å²) < 4.78 is 2.01. The number of rotatable bonds is 4. The normalized spacial score (nSPS) is 14.1. The first-order chi connectivity index (χ1) is 17.0. The molecular formula is C31H39N3O3. The molecule has 0 bridgehead atoms. The van der Waals surface area contributed by atoms with E-state index in [-0.39, 0.29) is 0 Å². The molecule has 0 unspecified atom stereocenters. The van der Waals surface area contributed by atoms with Gasteiger partial charge in [0.25, 0.3) is 5.69 Å². The van der Waals surface area contributed by atoms with Crippen LogP contribution in [0.25, 0.3) is 5.57 Å². The van der Waals surface area contributed by atoms with Gasteiger partial charge in [-0.3, -0.25) is 0 Å². The van der Waals surface area contributed by atoms with Crippen LogP contribution < -0.4 is 5.06 Å². The molecule has 37 heavy (non-hydrogen) atoms. The summed E-state index contributed by atoms with van der Waals surface area (Å²) >= 11 is 0.